The Hall–Kier alpha value is -0.790. The Kier molecular flexibility index (Phi) is 4.66. The van der Waals surface area contributed by atoms with E-state index in [2.05, 4.69) is 46.5 Å². The van der Waals surface area contributed by atoms with Crippen molar-refractivity contribution in [2.75, 3.05) is 7.05 Å². The minimum atomic E-state index is -0.141. The van der Waals surface area contributed by atoms with E-state index in [1.807, 2.05) is 7.05 Å². The second-order valence-electron chi connectivity index (χ2n) is 10.2. The predicted molar refractivity (Wildman–Crippen MR) is 105 cm³/mol. The molecule has 2 heteroatoms. The second-order valence-corrected chi connectivity index (χ2v) is 10.2. The van der Waals surface area contributed by atoms with Crippen molar-refractivity contribution in [3.05, 3.63) is 12.2 Å². The van der Waals surface area contributed by atoms with Gasteiger partial charge < -0.3 is 5.32 Å². The van der Waals surface area contributed by atoms with Gasteiger partial charge in [0.25, 0.3) is 0 Å². The van der Waals surface area contributed by atoms with Crippen LogP contribution in [0.1, 0.15) is 79.6 Å². The summed E-state index contributed by atoms with van der Waals surface area (Å²) in [4.78, 5) is 13.1. The average molecular weight is 346 g/mol. The van der Waals surface area contributed by atoms with Gasteiger partial charge in [0.15, 0.2) is 0 Å². The van der Waals surface area contributed by atoms with E-state index in [9.17, 15) is 4.79 Å². The van der Waals surface area contributed by atoms with Crippen molar-refractivity contribution >= 4 is 5.91 Å². The zero-order valence-electron chi connectivity index (χ0n) is 17.4. The van der Waals surface area contributed by atoms with Crippen LogP contribution in [0, 0.1) is 39.9 Å². The fourth-order valence-corrected chi connectivity index (χ4v) is 7.57. The standard InChI is InChI=1S/C23H39NO/c1-8-16-9-10-18-19-17(15(2)3)11-12-23(19,20(25)24-7)14-13-22(18,6)21(16,4)5/h16-19H,2,8-14H2,1,3-7H3,(H,24,25)/t16?,17?,18?,19?,22?,23-/m1/s1. The first-order chi connectivity index (χ1) is 11.7. The molecule has 3 fully saturated rings. The molecule has 0 heterocycles. The minimum Gasteiger partial charge on any atom is -0.359 e. The molecule has 142 valence electrons. The zero-order chi connectivity index (χ0) is 18.6. The number of amides is 1. The van der Waals surface area contributed by atoms with Gasteiger partial charge in [-0.05, 0) is 80.0 Å². The van der Waals surface area contributed by atoms with E-state index in [-0.39, 0.29) is 5.41 Å². The van der Waals surface area contributed by atoms with Crippen LogP contribution in [0.4, 0.5) is 0 Å². The number of rotatable bonds is 3. The smallest absolute Gasteiger partial charge is 0.226 e. The zero-order valence-corrected chi connectivity index (χ0v) is 17.4. The van der Waals surface area contributed by atoms with E-state index in [4.69, 9.17) is 0 Å². The maximum atomic E-state index is 13.1. The van der Waals surface area contributed by atoms with E-state index in [1.165, 1.54) is 31.3 Å². The molecule has 0 aliphatic heterocycles. The highest BCUT2D eigenvalue weighted by molar-refractivity contribution is 5.83. The summed E-state index contributed by atoms with van der Waals surface area (Å²) in [5.41, 5.74) is 1.85. The first kappa shape index (κ1) is 19.0. The average Bonchev–Trinajstić information content (AvgIpc) is 2.96. The molecule has 3 rings (SSSR count). The van der Waals surface area contributed by atoms with Crippen molar-refractivity contribution in [2.45, 2.75) is 79.6 Å². The Bertz CT molecular complexity index is 564. The third-order valence-corrected chi connectivity index (χ3v) is 9.44. The van der Waals surface area contributed by atoms with Gasteiger partial charge >= 0.3 is 0 Å². The van der Waals surface area contributed by atoms with Crippen LogP contribution in [-0.2, 0) is 4.79 Å². The molecule has 3 aliphatic carbocycles. The molecule has 0 aromatic carbocycles. The third kappa shape index (κ3) is 2.38. The van der Waals surface area contributed by atoms with Gasteiger partial charge in [-0.15, -0.1) is 0 Å². The van der Waals surface area contributed by atoms with Gasteiger partial charge in [-0.1, -0.05) is 46.3 Å². The molecule has 0 spiro atoms. The van der Waals surface area contributed by atoms with E-state index >= 15 is 0 Å². The van der Waals surface area contributed by atoms with Crippen LogP contribution in [0.15, 0.2) is 12.2 Å². The van der Waals surface area contributed by atoms with Crippen LogP contribution in [0.5, 0.6) is 0 Å². The molecule has 1 N–H and O–H groups in total. The lowest BCUT2D eigenvalue weighted by Gasteiger charge is -2.64. The molecular formula is C23H39NO. The van der Waals surface area contributed by atoms with Gasteiger partial charge in [0, 0.05) is 7.05 Å². The Balaban J connectivity index is 2.08. The quantitative estimate of drug-likeness (QED) is 0.664. The molecule has 0 bridgehead atoms. The minimum absolute atomic E-state index is 0.141. The van der Waals surface area contributed by atoms with Gasteiger partial charge in [0.05, 0.1) is 5.41 Å². The Morgan fingerprint density at radius 2 is 1.80 bits per heavy atom. The molecule has 0 saturated heterocycles. The summed E-state index contributed by atoms with van der Waals surface area (Å²) < 4.78 is 0. The number of fused-ring (bicyclic) bond motifs is 3. The molecule has 2 nitrogen and oxygen atoms in total. The Morgan fingerprint density at radius 3 is 2.36 bits per heavy atom. The van der Waals surface area contributed by atoms with Gasteiger partial charge in [0.2, 0.25) is 5.91 Å². The number of nitrogens with one attached hydrogen (secondary N) is 1. The van der Waals surface area contributed by atoms with Gasteiger partial charge in [-0.25, -0.2) is 0 Å². The number of carbonyl (C=O) groups excluding carboxylic acids is 1. The van der Waals surface area contributed by atoms with Gasteiger partial charge in [0.1, 0.15) is 0 Å². The lowest BCUT2D eigenvalue weighted by Crippen LogP contribution is -2.60. The highest BCUT2D eigenvalue weighted by Gasteiger charge is 2.66. The summed E-state index contributed by atoms with van der Waals surface area (Å²) in [6.07, 6.45) is 8.38. The summed E-state index contributed by atoms with van der Waals surface area (Å²) in [5.74, 6) is 2.78. The first-order valence-electron chi connectivity index (χ1n) is 10.5. The van der Waals surface area contributed by atoms with E-state index in [1.54, 1.807) is 0 Å². The summed E-state index contributed by atoms with van der Waals surface area (Å²) in [6, 6.07) is 0. The molecule has 1 amide bonds. The van der Waals surface area contributed by atoms with E-state index in [0.717, 1.165) is 25.2 Å². The van der Waals surface area contributed by atoms with Gasteiger partial charge in [-0.2, -0.15) is 0 Å². The first-order valence-corrected chi connectivity index (χ1v) is 10.5. The summed E-state index contributed by atoms with van der Waals surface area (Å²) in [7, 11) is 1.83. The normalized spacial score (nSPS) is 45.4. The highest BCUT2D eigenvalue weighted by Crippen LogP contribution is 2.71. The van der Waals surface area contributed by atoms with Crippen molar-refractivity contribution in [2.24, 2.45) is 39.9 Å². The van der Waals surface area contributed by atoms with Crippen molar-refractivity contribution in [1.29, 1.82) is 0 Å². The van der Waals surface area contributed by atoms with Crippen molar-refractivity contribution in [3.8, 4) is 0 Å². The maximum Gasteiger partial charge on any atom is 0.226 e. The number of hydrogen-bond donors (Lipinski definition) is 1. The fourth-order valence-electron chi connectivity index (χ4n) is 7.57. The lowest BCUT2D eigenvalue weighted by molar-refractivity contribution is -0.170. The Morgan fingerprint density at radius 1 is 1.12 bits per heavy atom. The van der Waals surface area contributed by atoms with Crippen LogP contribution in [-0.4, -0.2) is 13.0 Å². The van der Waals surface area contributed by atoms with Crippen molar-refractivity contribution in [1.82, 2.24) is 5.32 Å². The molecule has 5 unspecified atom stereocenters. The largest absolute Gasteiger partial charge is 0.359 e. The second kappa shape index (κ2) is 6.13. The van der Waals surface area contributed by atoms with E-state index < -0.39 is 0 Å². The molecule has 0 aromatic rings. The Labute approximate surface area is 155 Å². The van der Waals surface area contributed by atoms with Crippen LogP contribution in [0.3, 0.4) is 0 Å². The predicted octanol–water partition coefficient (Wildman–Crippen LogP) is 5.58. The summed E-state index contributed by atoms with van der Waals surface area (Å²) in [5, 5.41) is 3.04. The summed E-state index contributed by atoms with van der Waals surface area (Å²) in [6.45, 7) is 16.5. The molecule has 25 heavy (non-hydrogen) atoms. The topological polar surface area (TPSA) is 29.1 Å². The molecule has 3 aliphatic rings. The van der Waals surface area contributed by atoms with Crippen LogP contribution in [0.2, 0.25) is 0 Å². The maximum absolute atomic E-state index is 13.1. The number of allylic oxidation sites excluding steroid dienone is 1. The molecule has 3 saturated carbocycles. The van der Waals surface area contributed by atoms with Gasteiger partial charge in [-0.3, -0.25) is 4.79 Å². The van der Waals surface area contributed by atoms with Crippen molar-refractivity contribution in [3.63, 3.8) is 0 Å². The van der Waals surface area contributed by atoms with Crippen molar-refractivity contribution < 1.29 is 4.79 Å². The molecule has 0 radical (unpaired) electrons. The number of carbonyl (C=O) groups is 1. The molecule has 6 atom stereocenters. The highest BCUT2D eigenvalue weighted by atomic mass is 16.2. The monoisotopic (exact) mass is 345 g/mol. The van der Waals surface area contributed by atoms with Crippen LogP contribution < -0.4 is 5.32 Å². The number of hydrogen-bond acceptors (Lipinski definition) is 1. The third-order valence-electron chi connectivity index (χ3n) is 9.44. The molecule has 0 aromatic heterocycles. The lowest BCUT2D eigenvalue weighted by atomic mass is 9.40. The van der Waals surface area contributed by atoms with Crippen LogP contribution >= 0.6 is 0 Å². The fraction of sp³-hybridized carbons (Fsp3) is 0.870. The molecular weight excluding hydrogens is 306 g/mol. The summed E-state index contributed by atoms with van der Waals surface area (Å²) >= 11 is 0. The SMILES string of the molecule is C=C(C)C1CC[C@@]2(C(=O)NC)CCC3(C)C(CCC(CC)C3(C)C)C12. The van der Waals surface area contributed by atoms with Crippen LogP contribution in [0.25, 0.3) is 0 Å². The van der Waals surface area contributed by atoms with E-state index in [0.29, 0.717) is 34.5 Å².